The molecule has 26 heavy (non-hydrogen) atoms. The van der Waals surface area contributed by atoms with Crippen LogP contribution in [-0.4, -0.2) is 46.1 Å². The number of hydrogen-bond acceptors (Lipinski definition) is 6. The van der Waals surface area contributed by atoms with Gasteiger partial charge in [-0.2, -0.15) is 17.2 Å². The van der Waals surface area contributed by atoms with Crippen molar-refractivity contribution in [3.63, 3.8) is 0 Å². The molecule has 0 spiro atoms. The Hall–Kier alpha value is -0.430. The van der Waals surface area contributed by atoms with E-state index in [0.717, 1.165) is 36.2 Å². The summed E-state index contributed by atoms with van der Waals surface area (Å²) < 4.78 is 94.1. The maximum Gasteiger partial charge on any atom is 0.390 e. The highest BCUT2D eigenvalue weighted by Crippen LogP contribution is 2.54. The quantitative estimate of drug-likeness (QED) is 0.612. The Morgan fingerprint density at radius 3 is 2.00 bits per heavy atom. The zero-order valence-corrected chi connectivity index (χ0v) is 15.5. The Bertz CT molecular complexity index is 714. The first-order valence-corrected chi connectivity index (χ1v) is 11.4. The standard InChI is InChI=1S/C14H22F3NO6S2/c15-12(1-2-19)14(16,17)25(20,21)18-26(22,23)24-13-10-4-8-3-9(6-10)7-11(13)5-8/h8-13,18-19H,1-7H2. The topological polar surface area (TPSA) is 110 Å². The van der Waals surface area contributed by atoms with E-state index in [1.165, 1.54) is 0 Å². The van der Waals surface area contributed by atoms with E-state index in [2.05, 4.69) is 0 Å². The predicted octanol–water partition coefficient (Wildman–Crippen LogP) is 1.31. The van der Waals surface area contributed by atoms with Gasteiger partial charge in [0.25, 0.3) is 10.0 Å². The second kappa shape index (κ2) is 6.87. The second-order valence-electron chi connectivity index (χ2n) is 7.57. The molecule has 4 aliphatic rings. The third kappa shape index (κ3) is 3.75. The molecule has 0 saturated heterocycles. The molecule has 0 radical (unpaired) electrons. The first-order valence-electron chi connectivity index (χ1n) is 8.54. The summed E-state index contributed by atoms with van der Waals surface area (Å²) in [5, 5.41) is 3.48. The van der Waals surface area contributed by atoms with Crippen LogP contribution in [-0.2, 0) is 24.5 Å². The molecule has 4 fully saturated rings. The van der Waals surface area contributed by atoms with Gasteiger partial charge in [-0.1, -0.05) is 4.13 Å². The summed E-state index contributed by atoms with van der Waals surface area (Å²) in [4.78, 5) is 0. The SMILES string of the molecule is O=S(=O)(NS(=O)(=O)C(F)(F)C(F)CCO)OC1C2CC3CC(C2)CC1C3. The van der Waals surface area contributed by atoms with Gasteiger partial charge in [-0.25, -0.2) is 12.8 Å². The summed E-state index contributed by atoms with van der Waals surface area (Å²) in [5.41, 5.74) is 0. The Labute approximate surface area is 150 Å². The lowest BCUT2D eigenvalue weighted by Gasteiger charge is -2.53. The Morgan fingerprint density at radius 2 is 1.54 bits per heavy atom. The van der Waals surface area contributed by atoms with E-state index in [1.807, 2.05) is 0 Å². The average Bonchev–Trinajstić information content (AvgIpc) is 2.49. The van der Waals surface area contributed by atoms with Crippen molar-refractivity contribution < 1.29 is 39.3 Å². The highest BCUT2D eigenvalue weighted by molar-refractivity contribution is 8.03. The lowest BCUT2D eigenvalue weighted by atomic mass is 9.55. The molecular weight excluding hydrogens is 399 g/mol. The van der Waals surface area contributed by atoms with Crippen LogP contribution in [0.15, 0.2) is 0 Å². The Morgan fingerprint density at radius 1 is 1.04 bits per heavy atom. The monoisotopic (exact) mass is 421 g/mol. The molecule has 4 bridgehead atoms. The molecule has 7 nitrogen and oxygen atoms in total. The fourth-order valence-corrected chi connectivity index (χ4v) is 7.58. The van der Waals surface area contributed by atoms with Gasteiger partial charge in [0.15, 0.2) is 6.17 Å². The Kier molecular flexibility index (Phi) is 5.37. The summed E-state index contributed by atoms with van der Waals surface area (Å²) >= 11 is 0. The zero-order valence-electron chi connectivity index (χ0n) is 13.9. The van der Waals surface area contributed by atoms with Gasteiger partial charge in [-0.3, -0.25) is 4.18 Å². The fourth-order valence-electron chi connectivity index (χ4n) is 4.84. The summed E-state index contributed by atoms with van der Waals surface area (Å²) in [6, 6.07) is 0. The van der Waals surface area contributed by atoms with Gasteiger partial charge in [-0.15, -0.1) is 0 Å². The van der Waals surface area contributed by atoms with Crippen molar-refractivity contribution in [2.45, 2.75) is 56.1 Å². The molecule has 1 unspecified atom stereocenters. The molecule has 152 valence electrons. The largest absolute Gasteiger partial charge is 0.396 e. The summed E-state index contributed by atoms with van der Waals surface area (Å²) in [6.07, 6.45) is -0.932. The van der Waals surface area contributed by atoms with Crippen LogP contribution in [0.4, 0.5) is 13.2 Å². The van der Waals surface area contributed by atoms with Gasteiger partial charge >= 0.3 is 15.6 Å². The third-order valence-electron chi connectivity index (χ3n) is 5.70. The van der Waals surface area contributed by atoms with Crippen LogP contribution in [0.5, 0.6) is 0 Å². The van der Waals surface area contributed by atoms with Crippen LogP contribution >= 0.6 is 0 Å². The van der Waals surface area contributed by atoms with Crippen molar-refractivity contribution in [2.75, 3.05) is 6.61 Å². The number of sulfonamides is 1. The predicted molar refractivity (Wildman–Crippen MR) is 84.4 cm³/mol. The van der Waals surface area contributed by atoms with E-state index < -0.39 is 50.9 Å². The smallest absolute Gasteiger partial charge is 0.390 e. The van der Waals surface area contributed by atoms with Crippen molar-refractivity contribution in [1.29, 1.82) is 0 Å². The van der Waals surface area contributed by atoms with Gasteiger partial charge in [0.2, 0.25) is 0 Å². The van der Waals surface area contributed by atoms with Gasteiger partial charge in [0, 0.05) is 13.0 Å². The number of aliphatic hydroxyl groups is 1. The molecule has 12 heteroatoms. The van der Waals surface area contributed by atoms with Gasteiger partial charge in [0.1, 0.15) is 0 Å². The summed E-state index contributed by atoms with van der Waals surface area (Å²) in [5.74, 6) is 0.919. The molecule has 0 amide bonds. The first-order chi connectivity index (χ1) is 11.9. The number of halogens is 3. The lowest BCUT2D eigenvalue weighted by molar-refractivity contribution is -0.0767. The Balaban J connectivity index is 1.71. The van der Waals surface area contributed by atoms with Crippen molar-refractivity contribution in [3.05, 3.63) is 0 Å². The normalized spacial score (nSPS) is 35.6. The first kappa shape index (κ1) is 20.3. The zero-order chi connectivity index (χ0) is 19.3. The van der Waals surface area contributed by atoms with Gasteiger partial charge < -0.3 is 5.11 Å². The van der Waals surface area contributed by atoms with Crippen molar-refractivity contribution >= 4 is 20.3 Å². The summed E-state index contributed by atoms with van der Waals surface area (Å²) in [6.45, 7) is -1.01. The van der Waals surface area contributed by atoms with Gasteiger partial charge in [0.05, 0.1) is 6.10 Å². The molecule has 4 saturated carbocycles. The van der Waals surface area contributed by atoms with Crippen molar-refractivity contribution in [2.24, 2.45) is 23.7 Å². The van der Waals surface area contributed by atoms with E-state index in [-0.39, 0.29) is 11.8 Å². The van der Waals surface area contributed by atoms with Gasteiger partial charge in [-0.05, 0) is 55.8 Å². The number of nitrogens with one attached hydrogen (secondary N) is 1. The van der Waals surface area contributed by atoms with Crippen LogP contribution in [0.3, 0.4) is 0 Å². The van der Waals surface area contributed by atoms with Crippen molar-refractivity contribution in [1.82, 2.24) is 4.13 Å². The second-order valence-corrected chi connectivity index (χ2v) is 10.9. The van der Waals surface area contributed by atoms with E-state index >= 15 is 0 Å². The maximum atomic E-state index is 13.7. The number of hydrogen-bond donors (Lipinski definition) is 2. The number of rotatable bonds is 8. The molecule has 2 N–H and O–H groups in total. The van der Waals surface area contributed by atoms with E-state index in [1.54, 1.807) is 0 Å². The number of aliphatic hydroxyl groups excluding tert-OH is 1. The summed E-state index contributed by atoms with van der Waals surface area (Å²) in [7, 11) is -11.0. The average molecular weight is 421 g/mol. The van der Waals surface area contributed by atoms with E-state index in [4.69, 9.17) is 9.29 Å². The molecule has 0 heterocycles. The number of alkyl halides is 3. The maximum absolute atomic E-state index is 13.7. The molecule has 0 aromatic carbocycles. The fraction of sp³-hybridized carbons (Fsp3) is 1.00. The van der Waals surface area contributed by atoms with Crippen LogP contribution in [0.2, 0.25) is 0 Å². The highest BCUT2D eigenvalue weighted by atomic mass is 32.3. The molecule has 0 aromatic heterocycles. The van der Waals surface area contributed by atoms with E-state index in [0.29, 0.717) is 11.8 Å². The minimum absolute atomic E-state index is 0.0469. The highest BCUT2D eigenvalue weighted by Gasteiger charge is 2.56. The van der Waals surface area contributed by atoms with Crippen LogP contribution in [0, 0.1) is 23.7 Å². The molecule has 1 atom stereocenters. The molecule has 4 aliphatic carbocycles. The molecule has 0 aromatic rings. The minimum atomic E-state index is -5.90. The lowest BCUT2D eigenvalue weighted by Crippen LogP contribution is -2.53. The van der Waals surface area contributed by atoms with E-state index in [9.17, 15) is 30.0 Å². The van der Waals surface area contributed by atoms with Crippen LogP contribution in [0.1, 0.15) is 38.5 Å². The molecule has 0 aliphatic heterocycles. The van der Waals surface area contributed by atoms with Crippen molar-refractivity contribution in [3.8, 4) is 0 Å². The molecule has 4 rings (SSSR count). The van der Waals surface area contributed by atoms with Crippen LogP contribution < -0.4 is 4.13 Å². The van der Waals surface area contributed by atoms with Crippen LogP contribution in [0.25, 0.3) is 0 Å². The third-order valence-corrected chi connectivity index (χ3v) is 8.84. The molecular formula is C14H22F3NO6S2. The minimum Gasteiger partial charge on any atom is -0.396 e.